The first-order valence-electron chi connectivity index (χ1n) is 7.70. The summed E-state index contributed by atoms with van der Waals surface area (Å²) in [7, 11) is -3.43. The summed E-state index contributed by atoms with van der Waals surface area (Å²) in [5, 5.41) is 1.05. The van der Waals surface area contributed by atoms with Gasteiger partial charge in [-0.3, -0.25) is 0 Å². The van der Waals surface area contributed by atoms with Crippen LogP contribution in [0.1, 0.15) is 0 Å². The molecule has 2 heterocycles. The van der Waals surface area contributed by atoms with Crippen LogP contribution in [0.3, 0.4) is 0 Å². The Balaban J connectivity index is 1.44. The molecule has 1 aliphatic heterocycles. The van der Waals surface area contributed by atoms with Gasteiger partial charge in [0.25, 0.3) is 0 Å². The van der Waals surface area contributed by atoms with Crippen LogP contribution in [-0.2, 0) is 10.0 Å². The van der Waals surface area contributed by atoms with E-state index in [1.165, 1.54) is 4.31 Å². The second kappa shape index (κ2) is 5.89. The highest BCUT2D eigenvalue weighted by Crippen LogP contribution is 2.25. The molecule has 1 aliphatic rings. The Kier molecular flexibility index (Phi) is 3.70. The number of aromatic nitrogens is 1. The first-order chi connectivity index (χ1) is 11.6. The quantitative estimate of drug-likeness (QED) is 0.733. The molecule has 0 aliphatic carbocycles. The SMILES string of the molecule is O=S(=O)(c1ccccc1)N1CC(Oc2ccc3ccccc3n2)C1. The molecule has 0 bridgehead atoms. The molecule has 122 valence electrons. The molecule has 1 fully saturated rings. The molecule has 0 atom stereocenters. The zero-order chi connectivity index (χ0) is 16.6. The zero-order valence-corrected chi connectivity index (χ0v) is 13.7. The van der Waals surface area contributed by atoms with Crippen molar-refractivity contribution in [3.8, 4) is 5.88 Å². The van der Waals surface area contributed by atoms with Crippen molar-refractivity contribution in [2.45, 2.75) is 11.0 Å². The summed E-state index contributed by atoms with van der Waals surface area (Å²) in [6.45, 7) is 0.678. The largest absolute Gasteiger partial charge is 0.472 e. The second-order valence-corrected chi connectivity index (χ2v) is 7.66. The van der Waals surface area contributed by atoms with Crippen molar-refractivity contribution in [3.05, 3.63) is 66.7 Å². The van der Waals surface area contributed by atoms with Gasteiger partial charge in [0.2, 0.25) is 15.9 Å². The van der Waals surface area contributed by atoms with Crippen LogP contribution in [0.15, 0.2) is 71.6 Å². The van der Waals surface area contributed by atoms with Crippen molar-refractivity contribution >= 4 is 20.9 Å². The van der Waals surface area contributed by atoms with E-state index in [1.54, 1.807) is 30.3 Å². The molecule has 0 amide bonds. The zero-order valence-electron chi connectivity index (χ0n) is 12.9. The molecule has 0 N–H and O–H groups in total. The molecule has 2 aromatic carbocycles. The van der Waals surface area contributed by atoms with Crippen molar-refractivity contribution in [2.24, 2.45) is 0 Å². The van der Waals surface area contributed by atoms with E-state index < -0.39 is 10.0 Å². The van der Waals surface area contributed by atoms with Crippen molar-refractivity contribution in [1.29, 1.82) is 0 Å². The maximum absolute atomic E-state index is 12.4. The molecule has 0 spiro atoms. The van der Waals surface area contributed by atoms with E-state index in [2.05, 4.69) is 4.98 Å². The first kappa shape index (κ1) is 15.1. The number of hydrogen-bond acceptors (Lipinski definition) is 4. The summed E-state index contributed by atoms with van der Waals surface area (Å²) in [5.41, 5.74) is 0.864. The maximum Gasteiger partial charge on any atom is 0.243 e. The molecule has 1 saturated heterocycles. The number of para-hydroxylation sites is 1. The Morgan fingerprint density at radius 2 is 1.62 bits per heavy atom. The number of rotatable bonds is 4. The molecule has 3 aromatic rings. The van der Waals surface area contributed by atoms with E-state index in [-0.39, 0.29) is 6.10 Å². The second-order valence-electron chi connectivity index (χ2n) is 5.72. The predicted molar refractivity (Wildman–Crippen MR) is 91.4 cm³/mol. The van der Waals surface area contributed by atoms with Crippen LogP contribution in [0.25, 0.3) is 10.9 Å². The molecule has 1 aromatic heterocycles. The Morgan fingerprint density at radius 1 is 0.917 bits per heavy atom. The highest BCUT2D eigenvalue weighted by Gasteiger charge is 2.38. The Morgan fingerprint density at radius 3 is 2.42 bits per heavy atom. The minimum Gasteiger partial charge on any atom is -0.472 e. The van der Waals surface area contributed by atoms with Gasteiger partial charge in [0.05, 0.1) is 23.5 Å². The maximum atomic E-state index is 12.4. The van der Waals surface area contributed by atoms with E-state index in [0.717, 1.165) is 10.9 Å². The van der Waals surface area contributed by atoms with Crippen molar-refractivity contribution in [2.75, 3.05) is 13.1 Å². The first-order valence-corrected chi connectivity index (χ1v) is 9.14. The number of benzene rings is 2. The highest BCUT2D eigenvalue weighted by atomic mass is 32.2. The number of nitrogens with zero attached hydrogens (tertiary/aromatic N) is 2. The summed E-state index contributed by atoms with van der Waals surface area (Å²) >= 11 is 0. The lowest BCUT2D eigenvalue weighted by Crippen LogP contribution is -2.56. The van der Waals surface area contributed by atoms with Gasteiger partial charge < -0.3 is 4.74 Å². The molecular weight excluding hydrogens is 324 g/mol. The Labute approximate surface area is 140 Å². The molecule has 4 rings (SSSR count). The summed E-state index contributed by atoms with van der Waals surface area (Å²) in [6, 6.07) is 20.0. The number of ether oxygens (including phenoxy) is 1. The van der Waals surface area contributed by atoms with E-state index in [4.69, 9.17) is 4.74 Å². The lowest BCUT2D eigenvalue weighted by molar-refractivity contribution is 0.0724. The molecule has 0 radical (unpaired) electrons. The fourth-order valence-electron chi connectivity index (χ4n) is 2.70. The van der Waals surface area contributed by atoms with E-state index in [9.17, 15) is 8.42 Å². The number of hydrogen-bond donors (Lipinski definition) is 0. The average molecular weight is 340 g/mol. The van der Waals surface area contributed by atoms with Crippen LogP contribution < -0.4 is 4.74 Å². The minimum absolute atomic E-state index is 0.169. The van der Waals surface area contributed by atoms with Gasteiger partial charge in [-0.05, 0) is 24.3 Å². The fraction of sp³-hybridized carbons (Fsp3) is 0.167. The summed E-state index contributed by atoms with van der Waals surface area (Å²) in [6.07, 6.45) is -0.169. The standard InChI is InChI=1S/C18H16N2O3S/c21-24(22,16-7-2-1-3-8-16)20-12-15(13-20)23-18-11-10-14-6-4-5-9-17(14)19-18/h1-11,15H,12-13H2. The van der Waals surface area contributed by atoms with Crippen LogP contribution in [0.4, 0.5) is 0 Å². The average Bonchev–Trinajstić information content (AvgIpc) is 2.58. The lowest BCUT2D eigenvalue weighted by atomic mass is 10.2. The van der Waals surface area contributed by atoms with Crippen LogP contribution in [0.2, 0.25) is 0 Å². The van der Waals surface area contributed by atoms with Gasteiger partial charge >= 0.3 is 0 Å². The van der Waals surface area contributed by atoms with Gasteiger partial charge in [0.1, 0.15) is 6.10 Å². The van der Waals surface area contributed by atoms with E-state index in [1.807, 2.05) is 36.4 Å². The predicted octanol–water partition coefficient (Wildman–Crippen LogP) is 2.69. The summed E-state index contributed by atoms with van der Waals surface area (Å²) in [4.78, 5) is 4.76. The van der Waals surface area contributed by atoms with Gasteiger partial charge in [-0.2, -0.15) is 4.31 Å². The third-order valence-corrected chi connectivity index (χ3v) is 5.90. The molecule has 6 heteroatoms. The van der Waals surface area contributed by atoms with Gasteiger partial charge in [0.15, 0.2) is 0 Å². The van der Waals surface area contributed by atoms with Crippen molar-refractivity contribution < 1.29 is 13.2 Å². The summed E-state index contributed by atoms with van der Waals surface area (Å²) < 4.78 is 32.1. The monoisotopic (exact) mass is 340 g/mol. The molecule has 5 nitrogen and oxygen atoms in total. The van der Waals surface area contributed by atoms with Crippen molar-refractivity contribution in [1.82, 2.24) is 9.29 Å². The fourth-order valence-corrected chi connectivity index (χ4v) is 4.22. The molecule has 0 saturated carbocycles. The van der Waals surface area contributed by atoms with Gasteiger partial charge in [-0.25, -0.2) is 13.4 Å². The lowest BCUT2D eigenvalue weighted by Gasteiger charge is -2.37. The number of fused-ring (bicyclic) bond motifs is 1. The van der Waals surface area contributed by atoms with E-state index >= 15 is 0 Å². The molecular formula is C18H16N2O3S. The Hall–Kier alpha value is -2.44. The van der Waals surface area contributed by atoms with Gasteiger partial charge in [-0.15, -0.1) is 0 Å². The van der Waals surface area contributed by atoms with Crippen LogP contribution in [0, 0.1) is 0 Å². The third kappa shape index (κ3) is 2.74. The molecule has 24 heavy (non-hydrogen) atoms. The third-order valence-electron chi connectivity index (χ3n) is 4.06. The topological polar surface area (TPSA) is 59.5 Å². The number of sulfonamides is 1. The van der Waals surface area contributed by atoms with Crippen molar-refractivity contribution in [3.63, 3.8) is 0 Å². The van der Waals surface area contributed by atoms with Crippen LogP contribution in [-0.4, -0.2) is 36.9 Å². The minimum atomic E-state index is -3.43. The van der Waals surface area contributed by atoms with E-state index in [0.29, 0.717) is 23.9 Å². The van der Waals surface area contributed by atoms with Crippen LogP contribution >= 0.6 is 0 Å². The molecule has 0 unspecified atom stereocenters. The van der Waals surface area contributed by atoms with Crippen LogP contribution in [0.5, 0.6) is 5.88 Å². The normalized spacial score (nSPS) is 16.0. The van der Waals surface area contributed by atoms with Gasteiger partial charge in [-0.1, -0.05) is 36.4 Å². The summed E-state index contributed by atoms with van der Waals surface area (Å²) in [5.74, 6) is 0.524. The Bertz CT molecular complexity index is 968. The van der Waals surface area contributed by atoms with Gasteiger partial charge in [0, 0.05) is 11.5 Å². The highest BCUT2D eigenvalue weighted by molar-refractivity contribution is 7.89. The number of pyridine rings is 1. The smallest absolute Gasteiger partial charge is 0.243 e.